The summed E-state index contributed by atoms with van der Waals surface area (Å²) < 4.78 is 16.2. The summed E-state index contributed by atoms with van der Waals surface area (Å²) in [6.45, 7) is 2.53. The minimum atomic E-state index is -0.0853. The molecule has 0 unspecified atom stereocenters. The van der Waals surface area contributed by atoms with Crippen LogP contribution in [0, 0.1) is 0 Å². The van der Waals surface area contributed by atoms with Crippen molar-refractivity contribution in [2.75, 3.05) is 14.2 Å². The summed E-state index contributed by atoms with van der Waals surface area (Å²) >= 11 is 0. The topological polar surface area (TPSA) is 64.8 Å². The number of methoxy groups -OCH3 is 2. The molecule has 0 N–H and O–H groups in total. The third-order valence-corrected chi connectivity index (χ3v) is 5.13. The van der Waals surface area contributed by atoms with Crippen molar-refractivity contribution in [3.63, 3.8) is 0 Å². The van der Waals surface area contributed by atoms with Crippen molar-refractivity contribution < 1.29 is 18.8 Å². The Morgan fingerprint density at radius 3 is 2.67 bits per heavy atom. The summed E-state index contributed by atoms with van der Waals surface area (Å²) in [6, 6.07) is 7.65. The molecule has 0 spiro atoms. The molecule has 3 rings (SSSR count). The Hall–Kier alpha value is -2.50. The summed E-state index contributed by atoms with van der Waals surface area (Å²) in [5.41, 5.74) is 1.31. The number of hydrogen-bond acceptors (Lipinski definition) is 5. The smallest absolute Gasteiger partial charge is 0.276 e. The molecular weight excluding hydrogens is 344 g/mol. The van der Waals surface area contributed by atoms with Crippen LogP contribution < -0.4 is 9.47 Å². The van der Waals surface area contributed by atoms with Gasteiger partial charge in [-0.3, -0.25) is 4.79 Å². The lowest BCUT2D eigenvalue weighted by Crippen LogP contribution is -2.38. The zero-order valence-electron chi connectivity index (χ0n) is 16.4. The second kappa shape index (κ2) is 8.93. The number of nitrogens with zero attached hydrogens (tertiary/aromatic N) is 2. The fraction of sp³-hybridized carbons (Fsp3) is 0.524. The van der Waals surface area contributed by atoms with Gasteiger partial charge in [-0.25, -0.2) is 0 Å². The van der Waals surface area contributed by atoms with Crippen LogP contribution >= 0.6 is 0 Å². The molecular formula is C21H28N2O4. The van der Waals surface area contributed by atoms with Crippen LogP contribution in [0.2, 0.25) is 0 Å². The fourth-order valence-electron chi connectivity index (χ4n) is 3.70. The first-order valence-electron chi connectivity index (χ1n) is 9.63. The maximum absolute atomic E-state index is 13.2. The predicted octanol–water partition coefficient (Wildman–Crippen LogP) is 4.23. The highest BCUT2D eigenvalue weighted by atomic mass is 16.5. The first kappa shape index (κ1) is 19.3. The molecule has 1 saturated carbocycles. The van der Waals surface area contributed by atoms with E-state index in [9.17, 15) is 4.79 Å². The first-order chi connectivity index (χ1) is 13.2. The van der Waals surface area contributed by atoms with Gasteiger partial charge in [-0.1, -0.05) is 24.9 Å². The molecule has 0 aliphatic heterocycles. The fourth-order valence-corrected chi connectivity index (χ4v) is 3.70. The molecule has 146 valence electrons. The summed E-state index contributed by atoms with van der Waals surface area (Å²) in [5, 5.41) is 4.02. The van der Waals surface area contributed by atoms with Crippen LogP contribution in [-0.4, -0.2) is 36.2 Å². The monoisotopic (exact) mass is 372 g/mol. The van der Waals surface area contributed by atoms with Crippen LogP contribution in [0.25, 0.3) is 0 Å². The third kappa shape index (κ3) is 4.43. The third-order valence-electron chi connectivity index (χ3n) is 5.13. The molecule has 1 aromatic heterocycles. The molecule has 1 aliphatic rings. The lowest BCUT2D eigenvalue weighted by atomic mass is 10.1. The molecule has 1 amide bonds. The SMILES string of the molecule is CCCc1cc(C(=O)N(Cc2cc(OC)ccc2OC)C2CCCC2)no1. The van der Waals surface area contributed by atoms with Crippen molar-refractivity contribution >= 4 is 5.91 Å². The van der Waals surface area contributed by atoms with Crippen molar-refractivity contribution in [3.8, 4) is 11.5 Å². The Labute approximate surface area is 160 Å². The van der Waals surface area contributed by atoms with E-state index in [-0.39, 0.29) is 11.9 Å². The van der Waals surface area contributed by atoms with Crippen molar-refractivity contribution in [3.05, 3.63) is 41.3 Å². The van der Waals surface area contributed by atoms with Crippen LogP contribution in [-0.2, 0) is 13.0 Å². The standard InChI is InChI=1S/C21H28N2O4/c1-4-7-18-13-19(22-27-18)21(24)23(16-8-5-6-9-16)14-15-12-17(25-2)10-11-20(15)26-3/h10-13,16H,4-9,14H2,1-3H3. The maximum atomic E-state index is 13.2. The van der Waals surface area contributed by atoms with E-state index in [2.05, 4.69) is 12.1 Å². The van der Waals surface area contributed by atoms with Gasteiger partial charge in [-0.2, -0.15) is 0 Å². The number of amides is 1. The van der Waals surface area contributed by atoms with E-state index in [1.807, 2.05) is 23.1 Å². The highest BCUT2D eigenvalue weighted by Gasteiger charge is 2.30. The molecule has 1 aromatic carbocycles. The summed E-state index contributed by atoms with van der Waals surface area (Å²) in [7, 11) is 3.28. The second-order valence-corrected chi connectivity index (χ2v) is 6.98. The van der Waals surface area contributed by atoms with E-state index in [1.165, 1.54) is 0 Å². The molecule has 1 fully saturated rings. The van der Waals surface area contributed by atoms with Gasteiger partial charge < -0.3 is 18.9 Å². The lowest BCUT2D eigenvalue weighted by molar-refractivity contribution is 0.0652. The zero-order chi connectivity index (χ0) is 19.2. The Morgan fingerprint density at radius 2 is 2.00 bits per heavy atom. The van der Waals surface area contributed by atoms with Crippen LogP contribution in [0.5, 0.6) is 11.5 Å². The van der Waals surface area contributed by atoms with Gasteiger partial charge in [0.2, 0.25) is 0 Å². The molecule has 2 aromatic rings. The molecule has 1 heterocycles. The number of rotatable bonds is 8. The summed E-state index contributed by atoms with van der Waals surface area (Å²) in [5.74, 6) is 2.17. The zero-order valence-corrected chi connectivity index (χ0v) is 16.4. The number of aromatic nitrogens is 1. The number of carbonyl (C=O) groups excluding carboxylic acids is 1. The van der Waals surface area contributed by atoms with Crippen molar-refractivity contribution in [2.24, 2.45) is 0 Å². The molecule has 6 nitrogen and oxygen atoms in total. The highest BCUT2D eigenvalue weighted by Crippen LogP contribution is 2.30. The Bertz CT molecular complexity index is 765. The molecule has 1 aliphatic carbocycles. The van der Waals surface area contributed by atoms with E-state index in [4.69, 9.17) is 14.0 Å². The van der Waals surface area contributed by atoms with Gasteiger partial charge in [0.05, 0.1) is 20.8 Å². The molecule has 27 heavy (non-hydrogen) atoms. The molecule has 6 heteroatoms. The van der Waals surface area contributed by atoms with E-state index >= 15 is 0 Å². The van der Waals surface area contributed by atoms with E-state index < -0.39 is 0 Å². The first-order valence-corrected chi connectivity index (χ1v) is 9.63. The van der Waals surface area contributed by atoms with Crippen LogP contribution in [0.4, 0.5) is 0 Å². The molecule has 0 bridgehead atoms. The average Bonchev–Trinajstić information content (AvgIpc) is 3.38. The largest absolute Gasteiger partial charge is 0.497 e. The molecule has 0 atom stereocenters. The Balaban J connectivity index is 1.88. The number of carbonyl (C=O) groups is 1. The van der Waals surface area contributed by atoms with E-state index in [0.717, 1.165) is 61.3 Å². The Morgan fingerprint density at radius 1 is 1.22 bits per heavy atom. The van der Waals surface area contributed by atoms with Gasteiger partial charge >= 0.3 is 0 Å². The second-order valence-electron chi connectivity index (χ2n) is 6.98. The van der Waals surface area contributed by atoms with Gasteiger partial charge in [0, 0.05) is 24.1 Å². The van der Waals surface area contributed by atoms with E-state index in [1.54, 1.807) is 20.3 Å². The van der Waals surface area contributed by atoms with Gasteiger partial charge in [-0.05, 0) is 37.5 Å². The van der Waals surface area contributed by atoms with Crippen molar-refractivity contribution in [1.82, 2.24) is 10.1 Å². The predicted molar refractivity (Wildman–Crippen MR) is 102 cm³/mol. The summed E-state index contributed by atoms with van der Waals surface area (Å²) in [6.07, 6.45) is 6.05. The number of ether oxygens (including phenoxy) is 2. The van der Waals surface area contributed by atoms with Crippen molar-refractivity contribution in [2.45, 2.75) is 58.0 Å². The maximum Gasteiger partial charge on any atom is 0.276 e. The quantitative estimate of drug-likeness (QED) is 0.694. The number of hydrogen-bond donors (Lipinski definition) is 0. The minimum absolute atomic E-state index is 0.0853. The summed E-state index contributed by atoms with van der Waals surface area (Å²) in [4.78, 5) is 15.2. The molecule has 0 radical (unpaired) electrons. The minimum Gasteiger partial charge on any atom is -0.497 e. The van der Waals surface area contributed by atoms with Gasteiger partial charge in [0.1, 0.15) is 17.3 Å². The van der Waals surface area contributed by atoms with Gasteiger partial charge in [0.15, 0.2) is 5.69 Å². The van der Waals surface area contributed by atoms with Crippen LogP contribution in [0.1, 0.15) is 60.8 Å². The van der Waals surface area contributed by atoms with Crippen LogP contribution in [0.15, 0.2) is 28.8 Å². The Kier molecular flexibility index (Phi) is 6.37. The number of benzene rings is 1. The van der Waals surface area contributed by atoms with Crippen molar-refractivity contribution in [1.29, 1.82) is 0 Å². The average molecular weight is 372 g/mol. The lowest BCUT2D eigenvalue weighted by Gasteiger charge is -2.29. The highest BCUT2D eigenvalue weighted by molar-refractivity contribution is 5.92. The van der Waals surface area contributed by atoms with Gasteiger partial charge in [-0.15, -0.1) is 0 Å². The van der Waals surface area contributed by atoms with E-state index in [0.29, 0.717) is 12.2 Å². The van der Waals surface area contributed by atoms with Gasteiger partial charge in [0.25, 0.3) is 5.91 Å². The normalized spacial score (nSPS) is 14.3. The van der Waals surface area contributed by atoms with Crippen LogP contribution in [0.3, 0.4) is 0 Å². The molecule has 0 saturated heterocycles. The number of aryl methyl sites for hydroxylation is 1.